The van der Waals surface area contributed by atoms with Gasteiger partial charge < -0.3 is 10.2 Å². The summed E-state index contributed by atoms with van der Waals surface area (Å²) in [5.74, 6) is 0. The number of aromatic nitrogens is 2. The Morgan fingerprint density at radius 2 is 2.06 bits per heavy atom. The van der Waals surface area contributed by atoms with E-state index in [0.717, 1.165) is 25.2 Å². The summed E-state index contributed by atoms with van der Waals surface area (Å²) < 4.78 is 0. The fourth-order valence-electron chi connectivity index (χ4n) is 1.29. The molecule has 0 amide bonds. The molecule has 17 heavy (non-hydrogen) atoms. The van der Waals surface area contributed by atoms with E-state index in [9.17, 15) is 0 Å². The summed E-state index contributed by atoms with van der Waals surface area (Å²) in [4.78, 5) is 2.29. The topological polar surface area (TPSA) is 41.0 Å². The fraction of sp³-hybridized carbons (Fsp3) is 0.636. The molecule has 0 aromatic carbocycles. The van der Waals surface area contributed by atoms with E-state index in [4.69, 9.17) is 23.2 Å². The maximum atomic E-state index is 5.88. The lowest BCUT2D eigenvalue weighted by atomic mass is 10.3. The van der Waals surface area contributed by atoms with Gasteiger partial charge in [-0.25, -0.2) is 0 Å². The molecule has 0 aliphatic heterocycles. The molecule has 0 radical (unpaired) electrons. The number of rotatable bonds is 6. The van der Waals surface area contributed by atoms with Crippen molar-refractivity contribution in [3.05, 3.63) is 16.4 Å². The van der Waals surface area contributed by atoms with Gasteiger partial charge in [-0.1, -0.05) is 23.2 Å². The van der Waals surface area contributed by atoms with Crippen LogP contribution >= 0.6 is 23.2 Å². The molecule has 1 aromatic rings. The van der Waals surface area contributed by atoms with Crippen LogP contribution in [0.15, 0.2) is 6.07 Å². The standard InChI is InChI=1S/C11H18Cl2N4/c1-8(2)17(3)6-4-5-14-9-7-10(12)15-16-11(9)13/h7-8H,4-6H2,1-3H3,(H,14,15). The Hall–Kier alpha value is -0.580. The molecule has 0 atom stereocenters. The zero-order valence-corrected chi connectivity index (χ0v) is 11.9. The number of nitrogens with zero attached hydrogens (tertiary/aromatic N) is 3. The molecule has 1 aromatic heterocycles. The van der Waals surface area contributed by atoms with Gasteiger partial charge in [0.1, 0.15) is 0 Å². The quantitative estimate of drug-likeness (QED) is 0.812. The second-order valence-corrected chi connectivity index (χ2v) is 4.97. The molecular weight excluding hydrogens is 259 g/mol. The lowest BCUT2D eigenvalue weighted by Gasteiger charge is -2.20. The van der Waals surface area contributed by atoms with Crippen molar-refractivity contribution in [1.82, 2.24) is 15.1 Å². The zero-order chi connectivity index (χ0) is 12.8. The van der Waals surface area contributed by atoms with Gasteiger partial charge in [0.05, 0.1) is 5.69 Å². The highest BCUT2D eigenvalue weighted by atomic mass is 35.5. The van der Waals surface area contributed by atoms with Crippen LogP contribution in [0.5, 0.6) is 0 Å². The zero-order valence-electron chi connectivity index (χ0n) is 10.4. The molecule has 0 spiro atoms. The first-order valence-electron chi connectivity index (χ1n) is 5.63. The molecule has 0 unspecified atom stereocenters. The van der Waals surface area contributed by atoms with Crippen molar-refractivity contribution in [3.8, 4) is 0 Å². The van der Waals surface area contributed by atoms with Crippen LogP contribution in [-0.4, -0.2) is 41.3 Å². The monoisotopic (exact) mass is 276 g/mol. The Morgan fingerprint density at radius 1 is 1.35 bits per heavy atom. The number of hydrogen-bond acceptors (Lipinski definition) is 4. The maximum absolute atomic E-state index is 5.88. The Morgan fingerprint density at radius 3 is 2.71 bits per heavy atom. The summed E-state index contributed by atoms with van der Waals surface area (Å²) >= 11 is 11.6. The number of hydrogen-bond donors (Lipinski definition) is 1. The minimum atomic E-state index is 0.344. The second-order valence-electron chi connectivity index (χ2n) is 4.23. The highest BCUT2D eigenvalue weighted by molar-refractivity contribution is 6.33. The van der Waals surface area contributed by atoms with E-state index in [1.54, 1.807) is 6.07 Å². The van der Waals surface area contributed by atoms with E-state index in [1.807, 2.05) is 0 Å². The summed E-state index contributed by atoms with van der Waals surface area (Å²) in [5.41, 5.74) is 0.735. The van der Waals surface area contributed by atoms with Gasteiger partial charge in [-0.3, -0.25) is 0 Å². The molecule has 1 heterocycles. The molecular formula is C11H18Cl2N4. The minimum Gasteiger partial charge on any atom is -0.382 e. The molecule has 1 N–H and O–H groups in total. The highest BCUT2D eigenvalue weighted by Crippen LogP contribution is 2.20. The van der Waals surface area contributed by atoms with E-state index in [0.29, 0.717) is 16.3 Å². The largest absolute Gasteiger partial charge is 0.382 e. The number of halogens is 2. The number of anilines is 1. The van der Waals surface area contributed by atoms with Gasteiger partial charge in [0.2, 0.25) is 0 Å². The summed E-state index contributed by atoms with van der Waals surface area (Å²) in [6.07, 6.45) is 1.03. The normalized spacial score (nSPS) is 11.2. The van der Waals surface area contributed by atoms with E-state index >= 15 is 0 Å². The Labute approximate surface area is 112 Å². The molecule has 96 valence electrons. The fourth-order valence-corrected chi connectivity index (χ4v) is 1.59. The first-order chi connectivity index (χ1) is 8.00. The van der Waals surface area contributed by atoms with Crippen LogP contribution in [0.2, 0.25) is 10.3 Å². The number of nitrogens with one attached hydrogen (secondary N) is 1. The Bertz CT molecular complexity index is 357. The van der Waals surface area contributed by atoms with Crippen LogP contribution in [-0.2, 0) is 0 Å². The summed E-state index contributed by atoms with van der Waals surface area (Å²) in [5, 5.41) is 11.3. The molecule has 0 fully saturated rings. The summed E-state index contributed by atoms with van der Waals surface area (Å²) in [6, 6.07) is 2.25. The molecule has 0 aliphatic rings. The summed E-state index contributed by atoms with van der Waals surface area (Å²) in [6.45, 7) is 6.22. The molecule has 0 saturated carbocycles. The van der Waals surface area contributed by atoms with Gasteiger partial charge in [0, 0.05) is 18.7 Å². The van der Waals surface area contributed by atoms with E-state index in [-0.39, 0.29) is 0 Å². The van der Waals surface area contributed by atoms with Crippen LogP contribution in [0.4, 0.5) is 5.69 Å². The third-order valence-corrected chi connectivity index (χ3v) is 3.07. The van der Waals surface area contributed by atoms with Crippen molar-refractivity contribution in [3.63, 3.8) is 0 Å². The predicted octanol–water partition coefficient (Wildman–Crippen LogP) is 2.93. The van der Waals surface area contributed by atoms with Crippen LogP contribution in [0.25, 0.3) is 0 Å². The molecule has 6 heteroatoms. The van der Waals surface area contributed by atoms with Crippen molar-refractivity contribution >= 4 is 28.9 Å². The van der Waals surface area contributed by atoms with Crippen molar-refractivity contribution in [2.75, 3.05) is 25.5 Å². The van der Waals surface area contributed by atoms with Gasteiger partial charge in [-0.15, -0.1) is 10.2 Å². The van der Waals surface area contributed by atoms with Crippen molar-refractivity contribution in [2.45, 2.75) is 26.3 Å². The molecule has 1 rings (SSSR count). The van der Waals surface area contributed by atoms with Crippen molar-refractivity contribution < 1.29 is 0 Å². The molecule has 0 saturated heterocycles. The SMILES string of the molecule is CC(C)N(C)CCCNc1cc(Cl)nnc1Cl. The van der Waals surface area contributed by atoms with Gasteiger partial charge in [0.25, 0.3) is 0 Å². The van der Waals surface area contributed by atoms with Crippen LogP contribution in [0.1, 0.15) is 20.3 Å². The van der Waals surface area contributed by atoms with Gasteiger partial charge >= 0.3 is 0 Å². The van der Waals surface area contributed by atoms with Crippen LogP contribution < -0.4 is 5.32 Å². The average Bonchev–Trinajstić information content (AvgIpc) is 2.28. The maximum Gasteiger partial charge on any atom is 0.174 e. The van der Waals surface area contributed by atoms with Crippen molar-refractivity contribution in [1.29, 1.82) is 0 Å². The third kappa shape index (κ3) is 5.06. The van der Waals surface area contributed by atoms with Crippen LogP contribution in [0.3, 0.4) is 0 Å². The predicted molar refractivity (Wildman–Crippen MR) is 72.9 cm³/mol. The first kappa shape index (κ1) is 14.5. The summed E-state index contributed by atoms with van der Waals surface area (Å²) in [7, 11) is 2.11. The average molecular weight is 277 g/mol. The molecule has 0 bridgehead atoms. The second kappa shape index (κ2) is 6.99. The highest BCUT2D eigenvalue weighted by Gasteiger charge is 2.05. The lowest BCUT2D eigenvalue weighted by Crippen LogP contribution is -2.28. The first-order valence-corrected chi connectivity index (χ1v) is 6.39. The van der Waals surface area contributed by atoms with Gasteiger partial charge in [-0.05, 0) is 33.9 Å². The Balaban J connectivity index is 2.33. The van der Waals surface area contributed by atoms with E-state index in [1.165, 1.54) is 0 Å². The third-order valence-electron chi connectivity index (χ3n) is 2.60. The van der Waals surface area contributed by atoms with Crippen molar-refractivity contribution in [2.24, 2.45) is 0 Å². The Kier molecular flexibility index (Phi) is 5.95. The van der Waals surface area contributed by atoms with Crippen LogP contribution in [0, 0.1) is 0 Å². The van der Waals surface area contributed by atoms with E-state index < -0.39 is 0 Å². The lowest BCUT2D eigenvalue weighted by molar-refractivity contribution is 0.273. The van der Waals surface area contributed by atoms with Gasteiger partial charge in [0.15, 0.2) is 10.3 Å². The smallest absolute Gasteiger partial charge is 0.174 e. The molecule has 0 aliphatic carbocycles. The molecule has 4 nitrogen and oxygen atoms in total. The minimum absolute atomic E-state index is 0.344. The van der Waals surface area contributed by atoms with Gasteiger partial charge in [-0.2, -0.15) is 0 Å². The van der Waals surface area contributed by atoms with E-state index in [2.05, 4.69) is 41.3 Å².